The molecule has 1 saturated carbocycles. The van der Waals surface area contributed by atoms with Crippen LogP contribution in [0, 0.1) is 0 Å². The lowest BCUT2D eigenvalue weighted by Gasteiger charge is -2.30. The number of alkyl halides is 3. The van der Waals surface area contributed by atoms with Crippen LogP contribution < -0.4 is 10.6 Å². The maximum atomic E-state index is 13.1. The van der Waals surface area contributed by atoms with Crippen LogP contribution in [0.2, 0.25) is 0 Å². The second-order valence-electron chi connectivity index (χ2n) is 8.23. The highest BCUT2D eigenvalue weighted by molar-refractivity contribution is 7.89. The molecule has 34 heavy (non-hydrogen) atoms. The Bertz CT molecular complexity index is 1160. The van der Waals surface area contributed by atoms with Crippen LogP contribution in [0.1, 0.15) is 54.9 Å². The van der Waals surface area contributed by atoms with E-state index >= 15 is 0 Å². The summed E-state index contributed by atoms with van der Waals surface area (Å²) in [5.74, 6) is -1.28. The molecular weight excluding hydrogens is 471 g/mol. The molecule has 2 N–H and O–H groups in total. The molecule has 184 valence electrons. The van der Waals surface area contributed by atoms with E-state index in [1.807, 2.05) is 0 Å². The van der Waals surface area contributed by atoms with Crippen molar-refractivity contribution in [3.63, 3.8) is 0 Å². The molecule has 1 aliphatic rings. The monoisotopic (exact) mass is 497 g/mol. The minimum Gasteiger partial charge on any atom is -0.325 e. The highest BCUT2D eigenvalue weighted by atomic mass is 32.2. The van der Waals surface area contributed by atoms with Crippen molar-refractivity contribution in [1.29, 1.82) is 0 Å². The van der Waals surface area contributed by atoms with Crippen LogP contribution in [0.3, 0.4) is 0 Å². The number of halogens is 3. The van der Waals surface area contributed by atoms with Crippen LogP contribution in [0.4, 0.5) is 24.5 Å². The van der Waals surface area contributed by atoms with E-state index < -0.39 is 33.6 Å². The highest BCUT2D eigenvalue weighted by Crippen LogP contribution is 2.34. The predicted molar refractivity (Wildman–Crippen MR) is 122 cm³/mol. The highest BCUT2D eigenvalue weighted by Gasteiger charge is 2.32. The molecule has 2 aromatic carbocycles. The Kier molecular flexibility index (Phi) is 7.67. The van der Waals surface area contributed by atoms with Gasteiger partial charge in [-0.1, -0.05) is 19.3 Å². The van der Waals surface area contributed by atoms with Gasteiger partial charge >= 0.3 is 6.18 Å². The minimum absolute atomic E-state index is 0.00200. The molecule has 0 atom stereocenters. The molecule has 0 aliphatic heterocycles. The van der Waals surface area contributed by atoms with Crippen molar-refractivity contribution in [3.05, 3.63) is 53.6 Å². The first-order valence-electron chi connectivity index (χ1n) is 10.8. The SMILES string of the molecule is CC(=O)Nc1ccc(C(F)(F)F)cc1NC(=O)c1ccc(S(=O)(=O)N(C)C2CCCCC2)cc1. The number of hydrogen-bond donors (Lipinski definition) is 2. The molecule has 2 aromatic rings. The Balaban J connectivity index is 1.81. The summed E-state index contributed by atoms with van der Waals surface area (Å²) in [6, 6.07) is 7.68. The van der Waals surface area contributed by atoms with Crippen LogP contribution in [0.25, 0.3) is 0 Å². The second kappa shape index (κ2) is 10.1. The summed E-state index contributed by atoms with van der Waals surface area (Å²) in [4.78, 5) is 24.1. The average Bonchev–Trinajstić information content (AvgIpc) is 2.79. The number of amides is 2. The van der Waals surface area contributed by atoms with Crippen LogP contribution >= 0.6 is 0 Å². The van der Waals surface area contributed by atoms with Gasteiger partial charge in [0, 0.05) is 25.6 Å². The first-order valence-corrected chi connectivity index (χ1v) is 12.2. The lowest BCUT2D eigenvalue weighted by atomic mass is 9.96. The van der Waals surface area contributed by atoms with Gasteiger partial charge in [0.05, 0.1) is 21.8 Å². The van der Waals surface area contributed by atoms with E-state index in [0.717, 1.165) is 50.3 Å². The number of sulfonamides is 1. The fourth-order valence-corrected chi connectivity index (χ4v) is 5.32. The number of benzene rings is 2. The van der Waals surface area contributed by atoms with E-state index in [9.17, 15) is 31.2 Å². The minimum atomic E-state index is -4.64. The molecule has 0 unspecified atom stereocenters. The van der Waals surface area contributed by atoms with Gasteiger partial charge in [-0.2, -0.15) is 17.5 Å². The van der Waals surface area contributed by atoms with Gasteiger partial charge < -0.3 is 10.6 Å². The summed E-state index contributed by atoms with van der Waals surface area (Å²) in [5, 5.41) is 4.74. The number of carbonyl (C=O) groups excluding carboxylic acids is 2. The summed E-state index contributed by atoms with van der Waals surface area (Å²) >= 11 is 0. The molecule has 0 aromatic heterocycles. The van der Waals surface area contributed by atoms with Crippen molar-refractivity contribution >= 4 is 33.2 Å². The summed E-state index contributed by atoms with van der Waals surface area (Å²) in [5.41, 5.74) is -1.18. The van der Waals surface area contributed by atoms with E-state index in [4.69, 9.17) is 0 Å². The van der Waals surface area contributed by atoms with Gasteiger partial charge in [0.15, 0.2) is 0 Å². The normalized spacial score (nSPS) is 15.2. The number of hydrogen-bond acceptors (Lipinski definition) is 4. The van der Waals surface area contributed by atoms with Crippen LogP contribution in [-0.2, 0) is 21.0 Å². The Morgan fingerprint density at radius 3 is 2.12 bits per heavy atom. The van der Waals surface area contributed by atoms with Crippen LogP contribution in [-0.4, -0.2) is 37.6 Å². The van der Waals surface area contributed by atoms with E-state index in [1.54, 1.807) is 7.05 Å². The molecule has 0 spiro atoms. The maximum absolute atomic E-state index is 13.1. The quantitative estimate of drug-likeness (QED) is 0.595. The van der Waals surface area contributed by atoms with Crippen molar-refractivity contribution < 1.29 is 31.2 Å². The summed E-state index contributed by atoms with van der Waals surface area (Å²) in [6.07, 6.45) is -0.0225. The van der Waals surface area contributed by atoms with E-state index in [2.05, 4.69) is 10.6 Å². The number of nitrogens with one attached hydrogen (secondary N) is 2. The van der Waals surface area contributed by atoms with Crippen molar-refractivity contribution in [2.24, 2.45) is 0 Å². The number of rotatable bonds is 6. The smallest absolute Gasteiger partial charge is 0.325 e. The number of nitrogens with zero attached hydrogens (tertiary/aromatic N) is 1. The summed E-state index contributed by atoms with van der Waals surface area (Å²) < 4.78 is 66.6. The van der Waals surface area contributed by atoms with Crippen LogP contribution in [0.5, 0.6) is 0 Å². The fourth-order valence-electron chi connectivity index (χ4n) is 3.90. The lowest BCUT2D eigenvalue weighted by molar-refractivity contribution is -0.137. The zero-order valence-electron chi connectivity index (χ0n) is 18.8. The third-order valence-corrected chi connectivity index (χ3v) is 7.71. The van der Waals surface area contributed by atoms with E-state index in [1.165, 1.54) is 35.5 Å². The molecule has 0 bridgehead atoms. The summed E-state index contributed by atoms with van der Waals surface area (Å²) in [6.45, 7) is 1.19. The fraction of sp³-hybridized carbons (Fsp3) is 0.391. The topological polar surface area (TPSA) is 95.6 Å². The maximum Gasteiger partial charge on any atom is 0.416 e. The third-order valence-electron chi connectivity index (χ3n) is 5.79. The van der Waals surface area contributed by atoms with Gasteiger partial charge in [-0.3, -0.25) is 9.59 Å². The zero-order chi connectivity index (χ0) is 25.1. The standard InChI is InChI=1S/C23H26F3N3O4S/c1-15(30)27-20-13-10-17(23(24,25)26)14-21(20)28-22(31)16-8-11-19(12-9-16)34(32,33)29(2)18-6-4-3-5-7-18/h8-14,18H,3-7H2,1-2H3,(H,27,30)(H,28,31). The number of anilines is 2. The first kappa shape index (κ1) is 25.7. The molecular formula is C23H26F3N3O4S. The van der Waals surface area contributed by atoms with Crippen LogP contribution in [0.15, 0.2) is 47.4 Å². The molecule has 0 radical (unpaired) electrons. The van der Waals surface area contributed by atoms with Gasteiger partial charge in [-0.25, -0.2) is 8.42 Å². The zero-order valence-corrected chi connectivity index (χ0v) is 19.6. The van der Waals surface area contributed by atoms with Gasteiger partial charge in [0.1, 0.15) is 0 Å². The van der Waals surface area contributed by atoms with Gasteiger partial charge in [0.25, 0.3) is 5.91 Å². The van der Waals surface area contributed by atoms with Crippen molar-refractivity contribution in [2.45, 2.75) is 56.1 Å². The summed E-state index contributed by atoms with van der Waals surface area (Å²) in [7, 11) is -2.21. The second-order valence-corrected chi connectivity index (χ2v) is 10.2. The Morgan fingerprint density at radius 2 is 1.56 bits per heavy atom. The molecule has 1 fully saturated rings. The molecule has 7 nitrogen and oxygen atoms in total. The predicted octanol–water partition coefficient (Wildman–Crippen LogP) is 4.87. The van der Waals surface area contributed by atoms with Crippen molar-refractivity contribution in [3.8, 4) is 0 Å². The Labute approximate surface area is 196 Å². The molecule has 2 amide bonds. The van der Waals surface area contributed by atoms with Gasteiger partial charge in [-0.15, -0.1) is 0 Å². The van der Waals surface area contributed by atoms with Gasteiger partial charge in [-0.05, 0) is 55.3 Å². The number of carbonyl (C=O) groups is 2. The molecule has 1 aliphatic carbocycles. The largest absolute Gasteiger partial charge is 0.416 e. The molecule has 0 heterocycles. The molecule has 0 saturated heterocycles. The van der Waals surface area contributed by atoms with Gasteiger partial charge in [0.2, 0.25) is 15.9 Å². The van der Waals surface area contributed by atoms with Crippen molar-refractivity contribution in [1.82, 2.24) is 4.31 Å². The Hall–Kier alpha value is -2.92. The lowest BCUT2D eigenvalue weighted by Crippen LogP contribution is -2.38. The molecule has 3 rings (SSSR count). The third kappa shape index (κ3) is 5.95. The van der Waals surface area contributed by atoms with E-state index in [0.29, 0.717) is 0 Å². The Morgan fingerprint density at radius 1 is 0.941 bits per heavy atom. The first-order chi connectivity index (χ1) is 15.9. The van der Waals surface area contributed by atoms with Crippen molar-refractivity contribution in [2.75, 3.05) is 17.7 Å². The van der Waals surface area contributed by atoms with E-state index in [-0.39, 0.29) is 27.9 Å². The molecule has 11 heteroatoms. The average molecular weight is 498 g/mol.